The first-order valence-electron chi connectivity index (χ1n) is 10.3. The largest absolute Gasteiger partial charge is 0.444 e. The maximum absolute atomic E-state index is 13.2. The summed E-state index contributed by atoms with van der Waals surface area (Å²) in [6.45, 7) is 5.07. The topological polar surface area (TPSA) is 97.6 Å². The zero-order chi connectivity index (χ0) is 24.8. The Kier molecular flexibility index (Phi) is 8.93. The fourth-order valence-electron chi connectivity index (χ4n) is 3.04. The van der Waals surface area contributed by atoms with E-state index >= 15 is 0 Å². The molecule has 1 aromatic carbocycles. The van der Waals surface area contributed by atoms with Gasteiger partial charge in [0.2, 0.25) is 5.91 Å². The van der Waals surface area contributed by atoms with E-state index in [0.717, 1.165) is 30.3 Å². The Balaban J connectivity index is 2.23. The van der Waals surface area contributed by atoms with E-state index in [4.69, 9.17) is 9.15 Å². The standard InChI is InChI=1S/C22H26BrF3N2O5/c1-21(2,3)33-20(31)28-16(7-5-4-6-10-23)19(30)27-13-8-9-14-15(22(24,25)26)12-18(29)32-17(14)11-13/h8-9,11-12,16H,4-7,10H2,1-3H3,(H,27,30)(H,28,31)/t16-/m0/s1. The second-order valence-electron chi connectivity index (χ2n) is 8.41. The third kappa shape index (κ3) is 8.38. The van der Waals surface area contributed by atoms with Gasteiger partial charge in [0.25, 0.3) is 0 Å². The van der Waals surface area contributed by atoms with Gasteiger partial charge < -0.3 is 19.8 Å². The lowest BCUT2D eigenvalue weighted by molar-refractivity contribution is -0.136. The Morgan fingerprint density at radius 2 is 1.82 bits per heavy atom. The number of anilines is 1. The van der Waals surface area contributed by atoms with E-state index in [1.807, 2.05) is 0 Å². The van der Waals surface area contributed by atoms with E-state index in [9.17, 15) is 27.6 Å². The molecule has 0 saturated heterocycles. The van der Waals surface area contributed by atoms with Gasteiger partial charge in [0.1, 0.15) is 17.2 Å². The van der Waals surface area contributed by atoms with Crippen LogP contribution in [0.5, 0.6) is 0 Å². The Bertz CT molecular complexity index is 1050. The van der Waals surface area contributed by atoms with Crippen molar-refractivity contribution in [3.8, 4) is 0 Å². The van der Waals surface area contributed by atoms with Crippen LogP contribution in [0.15, 0.2) is 33.5 Å². The van der Waals surface area contributed by atoms with Crippen LogP contribution in [-0.2, 0) is 15.7 Å². The molecule has 182 valence electrons. The molecular formula is C22H26BrF3N2O5. The zero-order valence-electron chi connectivity index (χ0n) is 18.5. The molecule has 0 aliphatic heterocycles. The number of halogens is 4. The van der Waals surface area contributed by atoms with Crippen LogP contribution in [0.3, 0.4) is 0 Å². The maximum Gasteiger partial charge on any atom is 0.417 e. The minimum Gasteiger partial charge on any atom is -0.444 e. The van der Waals surface area contributed by atoms with E-state index < -0.39 is 41.0 Å². The molecule has 0 bridgehead atoms. The molecule has 2 aromatic rings. The highest BCUT2D eigenvalue weighted by Gasteiger charge is 2.34. The van der Waals surface area contributed by atoms with Gasteiger partial charge in [-0.25, -0.2) is 9.59 Å². The Hall–Kier alpha value is -2.56. The van der Waals surface area contributed by atoms with Crippen LogP contribution in [0.2, 0.25) is 0 Å². The summed E-state index contributed by atoms with van der Waals surface area (Å²) < 4.78 is 49.8. The number of hydrogen-bond acceptors (Lipinski definition) is 5. The van der Waals surface area contributed by atoms with Crippen LogP contribution in [-0.4, -0.2) is 29.0 Å². The minimum atomic E-state index is -4.74. The molecule has 0 fully saturated rings. The van der Waals surface area contributed by atoms with Crippen molar-refractivity contribution in [2.45, 2.75) is 64.3 Å². The predicted molar refractivity (Wildman–Crippen MR) is 122 cm³/mol. The summed E-state index contributed by atoms with van der Waals surface area (Å²) in [6, 6.07) is 2.97. The van der Waals surface area contributed by atoms with Crippen molar-refractivity contribution in [3.05, 3.63) is 40.2 Å². The number of carbonyl (C=O) groups excluding carboxylic acids is 2. The van der Waals surface area contributed by atoms with Crippen LogP contribution in [0.25, 0.3) is 11.0 Å². The quantitative estimate of drug-likeness (QED) is 0.261. The van der Waals surface area contributed by atoms with Crippen LogP contribution in [0.4, 0.5) is 23.7 Å². The number of amides is 2. The monoisotopic (exact) mass is 534 g/mol. The predicted octanol–water partition coefficient (Wildman–Crippen LogP) is 5.60. The fraction of sp³-hybridized carbons (Fsp3) is 0.500. The van der Waals surface area contributed by atoms with Crippen LogP contribution in [0.1, 0.15) is 52.0 Å². The Morgan fingerprint density at radius 1 is 1.12 bits per heavy atom. The molecule has 2 N–H and O–H groups in total. The lowest BCUT2D eigenvalue weighted by Gasteiger charge is -2.23. The lowest BCUT2D eigenvalue weighted by atomic mass is 10.1. The maximum atomic E-state index is 13.2. The van der Waals surface area contributed by atoms with Gasteiger partial charge in [0, 0.05) is 28.5 Å². The highest BCUT2D eigenvalue weighted by atomic mass is 79.9. The number of rotatable bonds is 8. The number of alkyl halides is 4. The molecule has 1 heterocycles. The molecule has 0 unspecified atom stereocenters. The van der Waals surface area contributed by atoms with Gasteiger partial charge in [-0.2, -0.15) is 13.2 Å². The van der Waals surface area contributed by atoms with E-state index in [0.29, 0.717) is 18.9 Å². The van der Waals surface area contributed by atoms with Gasteiger partial charge in [-0.05, 0) is 45.7 Å². The summed E-state index contributed by atoms with van der Waals surface area (Å²) >= 11 is 3.33. The molecule has 2 rings (SSSR count). The first-order valence-corrected chi connectivity index (χ1v) is 11.4. The lowest BCUT2D eigenvalue weighted by Crippen LogP contribution is -2.45. The zero-order valence-corrected chi connectivity index (χ0v) is 20.1. The highest BCUT2D eigenvalue weighted by molar-refractivity contribution is 9.09. The average Bonchev–Trinajstić information content (AvgIpc) is 2.67. The van der Waals surface area contributed by atoms with Crippen molar-refractivity contribution in [1.29, 1.82) is 0 Å². The molecule has 0 aliphatic rings. The molecule has 0 radical (unpaired) electrons. The summed E-state index contributed by atoms with van der Waals surface area (Å²) in [7, 11) is 0. The summed E-state index contributed by atoms with van der Waals surface area (Å²) in [6.07, 6.45) is -2.79. The first-order chi connectivity index (χ1) is 15.3. The Morgan fingerprint density at radius 3 is 2.42 bits per heavy atom. The number of alkyl carbamates (subject to hydrolysis) is 1. The molecular weight excluding hydrogens is 509 g/mol. The number of benzene rings is 1. The number of carbonyl (C=O) groups is 2. The van der Waals surface area contributed by atoms with Crippen molar-refractivity contribution in [1.82, 2.24) is 5.32 Å². The van der Waals surface area contributed by atoms with Gasteiger partial charge >= 0.3 is 17.9 Å². The van der Waals surface area contributed by atoms with Gasteiger partial charge in [0.05, 0.1) is 5.56 Å². The normalized spacial score (nSPS) is 12.9. The van der Waals surface area contributed by atoms with Gasteiger partial charge in [-0.1, -0.05) is 28.8 Å². The first kappa shape index (κ1) is 26.7. The van der Waals surface area contributed by atoms with Gasteiger partial charge in [-0.3, -0.25) is 4.79 Å². The molecule has 0 saturated carbocycles. The number of nitrogens with one attached hydrogen (secondary N) is 2. The van der Waals surface area contributed by atoms with E-state index in [-0.39, 0.29) is 16.7 Å². The van der Waals surface area contributed by atoms with Crippen molar-refractivity contribution in [2.75, 3.05) is 10.6 Å². The highest BCUT2D eigenvalue weighted by Crippen LogP contribution is 2.34. The summed E-state index contributed by atoms with van der Waals surface area (Å²) in [5.41, 5.74) is -3.24. The average molecular weight is 535 g/mol. The molecule has 11 heteroatoms. The van der Waals surface area contributed by atoms with Crippen molar-refractivity contribution in [3.63, 3.8) is 0 Å². The smallest absolute Gasteiger partial charge is 0.417 e. The van der Waals surface area contributed by atoms with Crippen molar-refractivity contribution < 1.29 is 31.9 Å². The van der Waals surface area contributed by atoms with E-state index in [1.165, 1.54) is 6.07 Å². The molecule has 7 nitrogen and oxygen atoms in total. The molecule has 1 atom stereocenters. The van der Waals surface area contributed by atoms with Gasteiger partial charge in [0.15, 0.2) is 0 Å². The van der Waals surface area contributed by atoms with Crippen molar-refractivity contribution in [2.24, 2.45) is 0 Å². The van der Waals surface area contributed by atoms with Crippen LogP contribution >= 0.6 is 15.9 Å². The third-order valence-electron chi connectivity index (χ3n) is 4.45. The van der Waals surface area contributed by atoms with Crippen molar-refractivity contribution >= 4 is 44.6 Å². The fourth-order valence-corrected chi connectivity index (χ4v) is 3.44. The molecule has 33 heavy (non-hydrogen) atoms. The van der Waals surface area contributed by atoms with E-state index in [2.05, 4.69) is 26.6 Å². The summed E-state index contributed by atoms with van der Waals surface area (Å²) in [5, 5.41) is 5.60. The van der Waals surface area contributed by atoms with E-state index in [1.54, 1.807) is 20.8 Å². The van der Waals surface area contributed by atoms with Crippen LogP contribution < -0.4 is 16.3 Å². The number of hydrogen-bond donors (Lipinski definition) is 2. The molecule has 0 spiro atoms. The van der Waals surface area contributed by atoms with Gasteiger partial charge in [-0.15, -0.1) is 0 Å². The molecule has 2 amide bonds. The second kappa shape index (κ2) is 11.0. The molecule has 1 aromatic heterocycles. The minimum absolute atomic E-state index is 0.117. The number of unbranched alkanes of at least 4 members (excludes halogenated alkanes) is 2. The summed E-state index contributed by atoms with van der Waals surface area (Å²) in [4.78, 5) is 36.6. The van der Waals surface area contributed by atoms with Crippen LogP contribution in [0, 0.1) is 0 Å². The third-order valence-corrected chi connectivity index (χ3v) is 5.01. The number of ether oxygens (including phenoxy) is 1. The summed E-state index contributed by atoms with van der Waals surface area (Å²) in [5.74, 6) is -0.576. The second-order valence-corrected chi connectivity index (χ2v) is 9.21. The number of fused-ring (bicyclic) bond motifs is 1. The SMILES string of the molecule is CC(C)(C)OC(=O)N[C@@H](CCCCCBr)C(=O)Nc1ccc2c(C(F)(F)F)cc(=O)oc2c1. The Labute approximate surface area is 197 Å². The molecule has 0 aliphatic carbocycles.